The summed E-state index contributed by atoms with van der Waals surface area (Å²) in [5.74, 6) is -1.09. The van der Waals surface area contributed by atoms with Crippen molar-refractivity contribution in [3.8, 4) is 5.75 Å². The van der Waals surface area contributed by atoms with E-state index in [2.05, 4.69) is 5.32 Å². The second-order valence-corrected chi connectivity index (χ2v) is 6.05. The number of carbonyl (C=O) groups is 4. The molecule has 134 valence electrons. The topological polar surface area (TPSA) is 102 Å². The number of hydrogen-bond acceptors (Lipinski definition) is 6. The van der Waals surface area contributed by atoms with Gasteiger partial charge < -0.3 is 14.8 Å². The van der Waals surface area contributed by atoms with Gasteiger partial charge >= 0.3 is 12.0 Å². The van der Waals surface area contributed by atoms with Crippen molar-refractivity contribution in [1.82, 2.24) is 10.2 Å². The molecule has 0 unspecified atom stereocenters. The molecule has 1 saturated heterocycles. The van der Waals surface area contributed by atoms with Crippen molar-refractivity contribution in [1.29, 1.82) is 0 Å². The van der Waals surface area contributed by atoms with Gasteiger partial charge in [0.05, 0.1) is 19.1 Å². The number of benzene rings is 1. The molecule has 0 radical (unpaired) electrons. The number of urea groups is 1. The van der Waals surface area contributed by atoms with Crippen LogP contribution in [0.25, 0.3) is 0 Å². The molecule has 8 nitrogen and oxygen atoms in total. The van der Waals surface area contributed by atoms with Crippen LogP contribution in [-0.4, -0.2) is 54.4 Å². The lowest BCUT2D eigenvalue weighted by Crippen LogP contribution is -2.40. The fourth-order valence-corrected chi connectivity index (χ4v) is 2.40. The van der Waals surface area contributed by atoms with Crippen LogP contribution in [0.2, 0.25) is 0 Å². The van der Waals surface area contributed by atoms with Crippen LogP contribution in [0.3, 0.4) is 0 Å². The van der Waals surface area contributed by atoms with E-state index >= 15 is 0 Å². The van der Waals surface area contributed by atoms with Crippen molar-refractivity contribution in [2.24, 2.45) is 0 Å². The Labute approximate surface area is 145 Å². The lowest BCUT2D eigenvalue weighted by Gasteiger charge is -2.15. The maximum Gasteiger partial charge on any atom is 0.325 e. The van der Waals surface area contributed by atoms with E-state index in [1.54, 1.807) is 38.1 Å². The van der Waals surface area contributed by atoms with Gasteiger partial charge in [-0.05, 0) is 26.0 Å². The largest absolute Gasteiger partial charge is 0.496 e. The summed E-state index contributed by atoms with van der Waals surface area (Å²) >= 11 is 0. The first-order valence-electron chi connectivity index (χ1n) is 7.72. The summed E-state index contributed by atoms with van der Waals surface area (Å²) in [4.78, 5) is 48.5. The van der Waals surface area contributed by atoms with Crippen LogP contribution in [-0.2, 0) is 14.3 Å². The zero-order chi connectivity index (χ0) is 18.6. The molecule has 0 aromatic heterocycles. The second-order valence-electron chi connectivity index (χ2n) is 6.05. The van der Waals surface area contributed by atoms with Gasteiger partial charge in [-0.3, -0.25) is 19.3 Å². The molecule has 1 aliphatic heterocycles. The van der Waals surface area contributed by atoms with E-state index in [0.717, 1.165) is 4.90 Å². The minimum atomic E-state index is -0.985. The van der Waals surface area contributed by atoms with Crippen LogP contribution < -0.4 is 10.1 Å². The maximum absolute atomic E-state index is 12.1. The highest BCUT2D eigenvalue weighted by Crippen LogP contribution is 2.18. The minimum Gasteiger partial charge on any atom is -0.496 e. The fourth-order valence-electron chi connectivity index (χ4n) is 2.40. The van der Waals surface area contributed by atoms with Gasteiger partial charge in [0.1, 0.15) is 11.3 Å². The van der Waals surface area contributed by atoms with E-state index in [1.165, 1.54) is 7.11 Å². The van der Waals surface area contributed by atoms with Gasteiger partial charge in [0.15, 0.2) is 6.61 Å². The van der Waals surface area contributed by atoms with E-state index in [1.807, 2.05) is 0 Å². The second kappa shape index (κ2) is 7.33. The number of esters is 1. The lowest BCUT2D eigenvalue weighted by molar-refractivity contribution is -0.143. The van der Waals surface area contributed by atoms with Gasteiger partial charge in [-0.2, -0.15) is 0 Å². The molecule has 1 aromatic carbocycles. The third-order valence-electron chi connectivity index (χ3n) is 3.76. The lowest BCUT2D eigenvalue weighted by atomic mass is 10.1. The van der Waals surface area contributed by atoms with Crippen LogP contribution in [0.1, 0.15) is 30.6 Å². The Morgan fingerprint density at radius 2 is 1.88 bits per heavy atom. The third kappa shape index (κ3) is 4.14. The Kier molecular flexibility index (Phi) is 5.41. The molecule has 1 aliphatic rings. The Hall–Kier alpha value is -2.90. The summed E-state index contributed by atoms with van der Waals surface area (Å²) in [7, 11) is 1.44. The number of hydrogen-bond donors (Lipinski definition) is 1. The highest BCUT2D eigenvalue weighted by atomic mass is 16.5. The van der Waals surface area contributed by atoms with E-state index in [0.29, 0.717) is 11.3 Å². The van der Waals surface area contributed by atoms with Gasteiger partial charge in [-0.15, -0.1) is 0 Å². The van der Waals surface area contributed by atoms with Crippen molar-refractivity contribution in [2.75, 3.05) is 20.3 Å². The average molecular weight is 348 g/mol. The van der Waals surface area contributed by atoms with Crippen LogP contribution in [0, 0.1) is 0 Å². The average Bonchev–Trinajstić information content (AvgIpc) is 2.78. The Morgan fingerprint density at radius 3 is 2.48 bits per heavy atom. The van der Waals surface area contributed by atoms with Crippen molar-refractivity contribution >= 4 is 23.7 Å². The molecule has 1 aromatic rings. The normalized spacial score (nSPS) is 15.7. The summed E-state index contributed by atoms with van der Waals surface area (Å²) in [6, 6.07) is 6.06. The predicted molar refractivity (Wildman–Crippen MR) is 87.2 cm³/mol. The molecule has 2 rings (SSSR count). The molecule has 0 spiro atoms. The van der Waals surface area contributed by atoms with Crippen molar-refractivity contribution in [2.45, 2.75) is 25.8 Å². The van der Waals surface area contributed by atoms with Crippen molar-refractivity contribution in [3.63, 3.8) is 0 Å². The molecule has 1 N–H and O–H groups in total. The van der Waals surface area contributed by atoms with Crippen LogP contribution in [0.4, 0.5) is 4.79 Å². The molecule has 8 heteroatoms. The summed E-state index contributed by atoms with van der Waals surface area (Å²) < 4.78 is 10.0. The Balaban J connectivity index is 1.84. The van der Waals surface area contributed by atoms with E-state index in [4.69, 9.17) is 9.47 Å². The number of Topliss-reactive ketones (excluding diaryl/α,β-unsaturated/α-hetero) is 1. The maximum atomic E-state index is 12.1. The number of carbonyl (C=O) groups excluding carboxylic acids is 4. The first-order valence-corrected chi connectivity index (χ1v) is 7.72. The fraction of sp³-hybridized carbons (Fsp3) is 0.412. The number of para-hydroxylation sites is 1. The molecule has 0 aliphatic carbocycles. The van der Waals surface area contributed by atoms with Crippen LogP contribution in [0.5, 0.6) is 5.75 Å². The molecular formula is C17H20N2O6. The molecule has 0 atom stereocenters. The summed E-state index contributed by atoms with van der Waals surface area (Å²) in [5, 5.41) is 2.52. The number of rotatable bonds is 7. The Bertz CT molecular complexity index is 713. The SMILES string of the molecule is COc1ccccc1C(=O)COC(=O)CCN1C(=O)NC(C)(C)C1=O. The summed E-state index contributed by atoms with van der Waals surface area (Å²) in [5.41, 5.74) is -0.672. The highest BCUT2D eigenvalue weighted by Gasteiger charge is 2.44. The number of methoxy groups -OCH3 is 1. The van der Waals surface area contributed by atoms with Gasteiger partial charge in [0.2, 0.25) is 5.78 Å². The standard InChI is InChI=1S/C17H20N2O6/c1-17(2)15(22)19(16(23)18-17)9-8-14(21)25-10-12(20)11-6-4-5-7-13(11)24-3/h4-7H,8-10H2,1-3H3,(H,18,23). The first kappa shape index (κ1) is 18.4. The smallest absolute Gasteiger partial charge is 0.325 e. The Morgan fingerprint density at radius 1 is 1.20 bits per heavy atom. The molecule has 0 bridgehead atoms. The van der Waals surface area contributed by atoms with Gasteiger partial charge in [-0.1, -0.05) is 12.1 Å². The molecule has 1 heterocycles. The summed E-state index contributed by atoms with van der Waals surface area (Å²) in [6.45, 7) is 2.62. The van der Waals surface area contributed by atoms with Crippen molar-refractivity contribution < 1.29 is 28.7 Å². The first-order chi connectivity index (χ1) is 11.8. The number of ketones is 1. The molecule has 3 amide bonds. The number of amides is 3. The molecule has 25 heavy (non-hydrogen) atoms. The minimum absolute atomic E-state index is 0.101. The molecular weight excluding hydrogens is 328 g/mol. The zero-order valence-electron chi connectivity index (χ0n) is 14.3. The van der Waals surface area contributed by atoms with Crippen molar-refractivity contribution in [3.05, 3.63) is 29.8 Å². The number of nitrogens with one attached hydrogen (secondary N) is 1. The zero-order valence-corrected chi connectivity index (χ0v) is 14.3. The van der Waals surface area contributed by atoms with Crippen LogP contribution >= 0.6 is 0 Å². The van der Waals surface area contributed by atoms with E-state index < -0.39 is 35.8 Å². The van der Waals surface area contributed by atoms with Gasteiger partial charge in [-0.25, -0.2) is 4.79 Å². The monoisotopic (exact) mass is 348 g/mol. The number of nitrogens with zero attached hydrogens (tertiary/aromatic N) is 1. The third-order valence-corrected chi connectivity index (χ3v) is 3.76. The number of ether oxygens (including phenoxy) is 2. The van der Waals surface area contributed by atoms with E-state index in [9.17, 15) is 19.2 Å². The molecule has 1 fully saturated rings. The molecule has 0 saturated carbocycles. The quantitative estimate of drug-likeness (QED) is 0.450. The van der Waals surface area contributed by atoms with Gasteiger partial charge in [0.25, 0.3) is 5.91 Å². The van der Waals surface area contributed by atoms with Gasteiger partial charge in [0, 0.05) is 6.54 Å². The number of imide groups is 1. The highest BCUT2D eigenvalue weighted by molar-refractivity contribution is 6.06. The van der Waals surface area contributed by atoms with Crippen LogP contribution in [0.15, 0.2) is 24.3 Å². The predicted octanol–water partition coefficient (Wildman–Crippen LogP) is 1.14. The van der Waals surface area contributed by atoms with E-state index in [-0.39, 0.29) is 13.0 Å². The summed E-state index contributed by atoms with van der Waals surface area (Å²) in [6.07, 6.45) is -0.186.